The first kappa shape index (κ1) is 16.4. The highest BCUT2D eigenvalue weighted by atomic mass is 16.2. The van der Waals surface area contributed by atoms with Crippen LogP contribution in [-0.2, 0) is 9.59 Å². The molecule has 3 unspecified atom stereocenters. The Kier molecular flexibility index (Phi) is 5.38. The molecule has 2 fully saturated rings. The number of hydrogen-bond donors (Lipinski definition) is 1. The Morgan fingerprint density at radius 2 is 1.95 bits per heavy atom. The summed E-state index contributed by atoms with van der Waals surface area (Å²) in [4.78, 5) is 28.5. The van der Waals surface area contributed by atoms with Crippen molar-refractivity contribution in [3.63, 3.8) is 0 Å². The summed E-state index contributed by atoms with van der Waals surface area (Å²) in [5.41, 5.74) is 0. The van der Waals surface area contributed by atoms with Gasteiger partial charge in [-0.3, -0.25) is 14.5 Å². The van der Waals surface area contributed by atoms with Crippen molar-refractivity contribution in [1.82, 2.24) is 15.1 Å². The molecule has 0 aromatic carbocycles. The minimum absolute atomic E-state index is 0.00724. The van der Waals surface area contributed by atoms with Crippen molar-refractivity contribution in [1.29, 1.82) is 0 Å². The van der Waals surface area contributed by atoms with Gasteiger partial charge in [0.1, 0.15) is 0 Å². The van der Waals surface area contributed by atoms with Gasteiger partial charge in [0.05, 0.1) is 12.5 Å². The van der Waals surface area contributed by atoms with Crippen LogP contribution in [0.25, 0.3) is 0 Å². The van der Waals surface area contributed by atoms with Gasteiger partial charge in [-0.25, -0.2) is 0 Å². The molecule has 0 radical (unpaired) electrons. The number of likely N-dealkylation sites (tertiary alicyclic amines) is 2. The summed E-state index contributed by atoms with van der Waals surface area (Å²) in [5.74, 6) is -0.0209. The maximum Gasteiger partial charge on any atom is 0.247 e. The Balaban J connectivity index is 1.96. The van der Waals surface area contributed by atoms with Crippen LogP contribution in [0.5, 0.6) is 0 Å². The highest BCUT2D eigenvalue weighted by Gasteiger charge is 2.42. The fourth-order valence-electron chi connectivity index (χ4n) is 3.54. The lowest BCUT2D eigenvalue weighted by Gasteiger charge is -2.36. The number of nitrogens with one attached hydrogen (secondary N) is 1. The SMILES string of the molecule is CCC(CC)N1C(=O)CC(NC2CCN(C)C(C)C2)C1=O. The second-order valence-corrected chi connectivity index (χ2v) is 6.55. The fourth-order valence-corrected chi connectivity index (χ4v) is 3.54. The average molecular weight is 295 g/mol. The zero-order chi connectivity index (χ0) is 15.6. The standard InChI is InChI=1S/C16H29N3O2/c1-5-13(6-2)19-15(20)10-14(16(19)21)17-12-7-8-18(4)11(3)9-12/h11-14,17H,5-10H2,1-4H3. The quantitative estimate of drug-likeness (QED) is 0.779. The Hall–Kier alpha value is -0.940. The van der Waals surface area contributed by atoms with Crippen LogP contribution in [0.15, 0.2) is 0 Å². The lowest BCUT2D eigenvalue weighted by Crippen LogP contribution is -2.51. The number of nitrogens with zero attached hydrogens (tertiary/aromatic N) is 2. The van der Waals surface area contributed by atoms with Crippen LogP contribution in [-0.4, -0.2) is 59.4 Å². The fraction of sp³-hybridized carbons (Fsp3) is 0.875. The third-order valence-corrected chi connectivity index (χ3v) is 5.14. The largest absolute Gasteiger partial charge is 0.304 e. The summed E-state index contributed by atoms with van der Waals surface area (Å²) in [7, 11) is 2.14. The minimum Gasteiger partial charge on any atom is -0.304 e. The van der Waals surface area contributed by atoms with E-state index in [9.17, 15) is 9.59 Å². The normalized spacial score (nSPS) is 31.5. The van der Waals surface area contributed by atoms with Gasteiger partial charge in [0, 0.05) is 18.1 Å². The molecule has 2 saturated heterocycles. The monoisotopic (exact) mass is 295 g/mol. The smallest absolute Gasteiger partial charge is 0.247 e. The van der Waals surface area contributed by atoms with Crippen molar-refractivity contribution >= 4 is 11.8 Å². The molecule has 5 nitrogen and oxygen atoms in total. The Morgan fingerprint density at radius 1 is 1.29 bits per heavy atom. The van der Waals surface area contributed by atoms with E-state index in [1.807, 2.05) is 13.8 Å². The third-order valence-electron chi connectivity index (χ3n) is 5.14. The Morgan fingerprint density at radius 3 is 2.52 bits per heavy atom. The molecule has 2 amide bonds. The minimum atomic E-state index is -0.307. The maximum absolute atomic E-state index is 12.5. The van der Waals surface area contributed by atoms with Crippen molar-refractivity contribution in [2.75, 3.05) is 13.6 Å². The van der Waals surface area contributed by atoms with Crippen molar-refractivity contribution < 1.29 is 9.59 Å². The van der Waals surface area contributed by atoms with E-state index in [1.54, 1.807) is 0 Å². The second-order valence-electron chi connectivity index (χ2n) is 6.55. The molecule has 21 heavy (non-hydrogen) atoms. The van der Waals surface area contributed by atoms with Crippen molar-refractivity contribution in [3.8, 4) is 0 Å². The zero-order valence-electron chi connectivity index (χ0n) is 13.8. The number of amides is 2. The first-order valence-corrected chi connectivity index (χ1v) is 8.30. The second kappa shape index (κ2) is 6.88. The van der Waals surface area contributed by atoms with Crippen LogP contribution in [0.2, 0.25) is 0 Å². The van der Waals surface area contributed by atoms with Gasteiger partial charge in [-0.1, -0.05) is 13.8 Å². The van der Waals surface area contributed by atoms with E-state index in [0.717, 1.165) is 32.2 Å². The number of imide groups is 1. The van der Waals surface area contributed by atoms with Gasteiger partial charge < -0.3 is 10.2 Å². The number of hydrogen-bond acceptors (Lipinski definition) is 4. The lowest BCUT2D eigenvalue weighted by atomic mass is 9.98. The molecule has 0 aliphatic carbocycles. The van der Waals surface area contributed by atoms with Crippen LogP contribution in [0.3, 0.4) is 0 Å². The van der Waals surface area contributed by atoms with Crippen LogP contribution >= 0.6 is 0 Å². The van der Waals surface area contributed by atoms with Gasteiger partial charge in [-0.15, -0.1) is 0 Å². The molecule has 5 heteroatoms. The molecule has 0 saturated carbocycles. The Labute approximate surface area is 128 Å². The molecular formula is C16H29N3O2. The van der Waals surface area contributed by atoms with Gasteiger partial charge in [-0.05, 0) is 46.2 Å². The van der Waals surface area contributed by atoms with Gasteiger partial charge >= 0.3 is 0 Å². The maximum atomic E-state index is 12.5. The van der Waals surface area contributed by atoms with Crippen LogP contribution in [0.1, 0.15) is 52.9 Å². The summed E-state index contributed by atoms with van der Waals surface area (Å²) in [6, 6.07) is 0.630. The predicted molar refractivity (Wildman–Crippen MR) is 82.9 cm³/mol. The molecule has 120 valence electrons. The van der Waals surface area contributed by atoms with Crippen LogP contribution in [0, 0.1) is 0 Å². The van der Waals surface area contributed by atoms with Crippen LogP contribution in [0.4, 0.5) is 0 Å². The van der Waals surface area contributed by atoms with Crippen molar-refractivity contribution in [2.45, 2.75) is 77.0 Å². The Bertz CT molecular complexity index is 395. The lowest BCUT2D eigenvalue weighted by molar-refractivity contribution is -0.141. The first-order valence-electron chi connectivity index (χ1n) is 8.30. The zero-order valence-corrected chi connectivity index (χ0v) is 13.8. The molecule has 2 heterocycles. The molecule has 0 spiro atoms. The number of piperidine rings is 1. The summed E-state index contributed by atoms with van der Waals surface area (Å²) >= 11 is 0. The van der Waals surface area contributed by atoms with Crippen LogP contribution < -0.4 is 5.32 Å². The first-order chi connectivity index (χ1) is 9.97. The summed E-state index contributed by atoms with van der Waals surface area (Å²) in [6.07, 6.45) is 4.09. The van der Waals surface area contributed by atoms with Gasteiger partial charge in [0.25, 0.3) is 0 Å². The number of carbonyl (C=O) groups is 2. The van der Waals surface area contributed by atoms with E-state index < -0.39 is 0 Å². The predicted octanol–water partition coefficient (Wildman–Crippen LogP) is 1.37. The van der Waals surface area contributed by atoms with Gasteiger partial charge in [-0.2, -0.15) is 0 Å². The average Bonchev–Trinajstić information content (AvgIpc) is 2.72. The van der Waals surface area contributed by atoms with E-state index in [-0.39, 0.29) is 23.9 Å². The number of carbonyl (C=O) groups excluding carboxylic acids is 2. The van der Waals surface area contributed by atoms with Crippen molar-refractivity contribution in [2.24, 2.45) is 0 Å². The molecule has 3 atom stereocenters. The highest BCUT2D eigenvalue weighted by Crippen LogP contribution is 2.22. The molecular weight excluding hydrogens is 266 g/mol. The van der Waals surface area contributed by atoms with E-state index in [2.05, 4.69) is 24.2 Å². The molecule has 2 rings (SSSR count). The highest BCUT2D eigenvalue weighted by molar-refractivity contribution is 6.05. The molecule has 2 aliphatic heterocycles. The number of rotatable bonds is 5. The van der Waals surface area contributed by atoms with E-state index >= 15 is 0 Å². The van der Waals surface area contributed by atoms with E-state index in [1.165, 1.54) is 4.90 Å². The summed E-state index contributed by atoms with van der Waals surface area (Å²) < 4.78 is 0. The van der Waals surface area contributed by atoms with E-state index in [4.69, 9.17) is 0 Å². The molecule has 0 bridgehead atoms. The molecule has 0 aromatic rings. The topological polar surface area (TPSA) is 52.7 Å². The van der Waals surface area contributed by atoms with Crippen molar-refractivity contribution in [3.05, 3.63) is 0 Å². The molecule has 2 aliphatic rings. The van der Waals surface area contributed by atoms with E-state index in [0.29, 0.717) is 18.5 Å². The third kappa shape index (κ3) is 3.46. The molecule has 0 aromatic heterocycles. The van der Waals surface area contributed by atoms with Gasteiger partial charge in [0.2, 0.25) is 11.8 Å². The molecule has 1 N–H and O–H groups in total. The van der Waals surface area contributed by atoms with Gasteiger partial charge in [0.15, 0.2) is 0 Å². The summed E-state index contributed by atoms with van der Waals surface area (Å²) in [5, 5.41) is 3.44. The summed E-state index contributed by atoms with van der Waals surface area (Å²) in [6.45, 7) is 7.33.